The Labute approximate surface area is 42.0 Å². The van der Waals surface area contributed by atoms with Crippen LogP contribution in [0.3, 0.4) is 0 Å². The average Bonchev–Trinajstić information content (AvgIpc) is 1.73. The molecule has 46 valence electrons. The van der Waals surface area contributed by atoms with Gasteiger partial charge in [-0.25, -0.2) is 8.78 Å². The van der Waals surface area contributed by atoms with Gasteiger partial charge in [-0.2, -0.15) is 0 Å². The monoisotopic (exact) mass is 112 g/mol. The number of aliphatic hydroxyl groups is 1. The van der Waals surface area contributed by atoms with Gasteiger partial charge in [-0.3, -0.25) is 0 Å². The molecule has 0 aromatic carbocycles. The van der Waals surface area contributed by atoms with Gasteiger partial charge in [0.15, 0.2) is 0 Å². The van der Waals surface area contributed by atoms with E-state index in [1.807, 2.05) is 13.8 Å². The maximum absolute atomic E-state index is 10.5. The van der Waals surface area contributed by atoms with Gasteiger partial charge in [0.1, 0.15) is 6.61 Å². The summed E-state index contributed by atoms with van der Waals surface area (Å²) >= 11 is 0. The lowest BCUT2D eigenvalue weighted by Crippen LogP contribution is -1.94. The molecule has 0 aromatic heterocycles. The fourth-order valence-electron chi connectivity index (χ4n) is 0. The highest BCUT2D eigenvalue weighted by atomic mass is 19.3. The number of alkyl halides is 2. The number of aliphatic hydroxyl groups excluding tert-OH is 1. The molecule has 0 aromatic rings. The van der Waals surface area contributed by atoms with Crippen LogP contribution in [0, 0.1) is 0 Å². The Hall–Kier alpha value is -0.180. The first-order chi connectivity index (χ1) is 3.27. The quantitative estimate of drug-likeness (QED) is 0.541. The standard InChI is InChI=1S/C2H4F2O.C2H6/c3-2(4)1-5;1-2/h2,5H,1H2;1-2H3. The summed E-state index contributed by atoms with van der Waals surface area (Å²) < 4.78 is 21.0. The van der Waals surface area contributed by atoms with E-state index in [9.17, 15) is 8.78 Å². The van der Waals surface area contributed by atoms with E-state index in [1.165, 1.54) is 0 Å². The van der Waals surface area contributed by atoms with Gasteiger partial charge in [-0.05, 0) is 0 Å². The Morgan fingerprint density at radius 3 is 1.57 bits per heavy atom. The molecule has 7 heavy (non-hydrogen) atoms. The molecule has 0 aliphatic heterocycles. The molecule has 0 saturated heterocycles. The summed E-state index contributed by atoms with van der Waals surface area (Å²) in [6.07, 6.45) is -2.56. The average molecular weight is 112 g/mol. The third-order valence-electron chi connectivity index (χ3n) is 0.138. The van der Waals surface area contributed by atoms with Crippen LogP contribution >= 0.6 is 0 Å². The Morgan fingerprint density at radius 2 is 1.57 bits per heavy atom. The van der Waals surface area contributed by atoms with Gasteiger partial charge in [0.2, 0.25) is 0 Å². The molecule has 0 atom stereocenters. The van der Waals surface area contributed by atoms with Crippen LogP contribution in [0.1, 0.15) is 13.8 Å². The van der Waals surface area contributed by atoms with Crippen LogP contribution in [0.4, 0.5) is 8.78 Å². The van der Waals surface area contributed by atoms with Crippen molar-refractivity contribution in [1.82, 2.24) is 0 Å². The van der Waals surface area contributed by atoms with E-state index in [-0.39, 0.29) is 0 Å². The Morgan fingerprint density at radius 1 is 1.43 bits per heavy atom. The van der Waals surface area contributed by atoms with Crippen LogP contribution in [-0.4, -0.2) is 18.1 Å². The summed E-state index contributed by atoms with van der Waals surface area (Å²) in [5, 5.41) is 7.39. The minimum Gasteiger partial charge on any atom is -0.390 e. The summed E-state index contributed by atoms with van der Waals surface area (Å²) in [6, 6.07) is 0. The maximum atomic E-state index is 10.5. The third kappa shape index (κ3) is 25.6. The van der Waals surface area contributed by atoms with Crippen molar-refractivity contribution in [2.45, 2.75) is 20.3 Å². The van der Waals surface area contributed by atoms with E-state index in [0.717, 1.165) is 0 Å². The Kier molecular flexibility index (Phi) is 13.2. The van der Waals surface area contributed by atoms with E-state index < -0.39 is 13.0 Å². The van der Waals surface area contributed by atoms with Crippen molar-refractivity contribution in [3.63, 3.8) is 0 Å². The summed E-state index contributed by atoms with van der Waals surface area (Å²) in [5.74, 6) is 0. The van der Waals surface area contributed by atoms with E-state index in [4.69, 9.17) is 5.11 Å². The first-order valence-corrected chi connectivity index (χ1v) is 2.16. The molecule has 0 aliphatic rings. The minimum absolute atomic E-state index is 1.03. The maximum Gasteiger partial charge on any atom is 0.261 e. The lowest BCUT2D eigenvalue weighted by atomic mass is 10.8. The second-order valence-corrected chi connectivity index (χ2v) is 0.574. The summed E-state index contributed by atoms with van der Waals surface area (Å²) in [6.45, 7) is 2.97. The molecule has 0 spiro atoms. The van der Waals surface area contributed by atoms with Crippen molar-refractivity contribution in [3.8, 4) is 0 Å². The SMILES string of the molecule is CC.OCC(F)F. The molecule has 0 heterocycles. The van der Waals surface area contributed by atoms with Gasteiger partial charge < -0.3 is 5.11 Å². The largest absolute Gasteiger partial charge is 0.390 e. The summed E-state index contributed by atoms with van der Waals surface area (Å²) in [5.41, 5.74) is 0. The highest BCUT2D eigenvalue weighted by Gasteiger charge is 1.92. The molecule has 0 bridgehead atoms. The molecule has 0 rings (SSSR count). The first kappa shape index (κ1) is 9.94. The molecular formula is C4H10F2O. The first-order valence-electron chi connectivity index (χ1n) is 2.16. The topological polar surface area (TPSA) is 20.2 Å². The van der Waals surface area contributed by atoms with Gasteiger partial charge >= 0.3 is 0 Å². The molecule has 0 amide bonds. The van der Waals surface area contributed by atoms with Crippen LogP contribution in [0.25, 0.3) is 0 Å². The van der Waals surface area contributed by atoms with Crippen molar-refractivity contribution in [2.24, 2.45) is 0 Å². The van der Waals surface area contributed by atoms with Crippen LogP contribution in [0.15, 0.2) is 0 Å². The zero-order chi connectivity index (χ0) is 6.28. The fourth-order valence-corrected chi connectivity index (χ4v) is 0. The molecule has 0 unspecified atom stereocenters. The molecule has 0 aliphatic carbocycles. The molecule has 0 fully saturated rings. The van der Waals surface area contributed by atoms with Crippen molar-refractivity contribution in [2.75, 3.05) is 6.61 Å². The summed E-state index contributed by atoms with van der Waals surface area (Å²) in [7, 11) is 0. The lowest BCUT2D eigenvalue weighted by molar-refractivity contribution is 0.0700. The number of halogens is 2. The second kappa shape index (κ2) is 9.27. The Bertz CT molecular complexity index is 23.7. The molecule has 0 saturated carbocycles. The number of hydrogen-bond donors (Lipinski definition) is 1. The smallest absolute Gasteiger partial charge is 0.261 e. The highest BCUT2D eigenvalue weighted by molar-refractivity contribution is 4.22. The van der Waals surface area contributed by atoms with Crippen molar-refractivity contribution >= 4 is 0 Å². The normalized spacial score (nSPS) is 7.71. The van der Waals surface area contributed by atoms with Crippen LogP contribution in [0.2, 0.25) is 0 Å². The van der Waals surface area contributed by atoms with Gasteiger partial charge in [0.25, 0.3) is 6.43 Å². The van der Waals surface area contributed by atoms with Crippen molar-refractivity contribution < 1.29 is 13.9 Å². The predicted octanol–water partition coefficient (Wildman–Crippen LogP) is 1.27. The number of hydrogen-bond acceptors (Lipinski definition) is 1. The number of rotatable bonds is 1. The van der Waals surface area contributed by atoms with E-state index >= 15 is 0 Å². The summed E-state index contributed by atoms with van der Waals surface area (Å²) in [4.78, 5) is 0. The van der Waals surface area contributed by atoms with Crippen molar-refractivity contribution in [3.05, 3.63) is 0 Å². The predicted molar refractivity (Wildman–Crippen MR) is 24.4 cm³/mol. The van der Waals surface area contributed by atoms with Gasteiger partial charge in [0.05, 0.1) is 0 Å². The lowest BCUT2D eigenvalue weighted by Gasteiger charge is -1.81. The second-order valence-electron chi connectivity index (χ2n) is 0.574. The zero-order valence-corrected chi connectivity index (χ0v) is 4.49. The zero-order valence-electron chi connectivity index (χ0n) is 4.49. The molecule has 1 nitrogen and oxygen atoms in total. The Balaban J connectivity index is 0. The van der Waals surface area contributed by atoms with Crippen LogP contribution in [0.5, 0.6) is 0 Å². The van der Waals surface area contributed by atoms with Crippen LogP contribution in [-0.2, 0) is 0 Å². The molecule has 0 radical (unpaired) electrons. The van der Waals surface area contributed by atoms with Gasteiger partial charge in [0, 0.05) is 0 Å². The minimum atomic E-state index is -2.56. The molecular weight excluding hydrogens is 102 g/mol. The van der Waals surface area contributed by atoms with Crippen LogP contribution < -0.4 is 0 Å². The fraction of sp³-hybridized carbons (Fsp3) is 1.00. The van der Waals surface area contributed by atoms with Crippen molar-refractivity contribution in [1.29, 1.82) is 0 Å². The van der Waals surface area contributed by atoms with E-state index in [1.54, 1.807) is 0 Å². The molecule has 3 heteroatoms. The highest BCUT2D eigenvalue weighted by Crippen LogP contribution is 1.84. The van der Waals surface area contributed by atoms with E-state index in [2.05, 4.69) is 0 Å². The van der Waals surface area contributed by atoms with Gasteiger partial charge in [-0.15, -0.1) is 0 Å². The van der Waals surface area contributed by atoms with E-state index in [0.29, 0.717) is 0 Å². The molecule has 1 N–H and O–H groups in total. The van der Waals surface area contributed by atoms with Gasteiger partial charge in [-0.1, -0.05) is 13.8 Å². The third-order valence-corrected chi connectivity index (χ3v) is 0.138.